The highest BCUT2D eigenvalue weighted by Crippen LogP contribution is 2.36. The highest BCUT2D eigenvalue weighted by atomic mass is 16.5. The van der Waals surface area contributed by atoms with Crippen molar-refractivity contribution >= 4 is 11.8 Å². The van der Waals surface area contributed by atoms with E-state index in [0.717, 1.165) is 24.8 Å². The molecule has 3 nitrogen and oxygen atoms in total. The maximum absolute atomic E-state index is 12.4. The van der Waals surface area contributed by atoms with E-state index in [-0.39, 0.29) is 11.8 Å². The number of benzene rings is 1. The van der Waals surface area contributed by atoms with Crippen molar-refractivity contribution in [3.05, 3.63) is 35.9 Å². The predicted molar refractivity (Wildman–Crippen MR) is 72.7 cm³/mol. The lowest BCUT2D eigenvalue weighted by molar-refractivity contribution is -0.158. The average molecular weight is 260 g/mol. The number of rotatable bonds is 3. The van der Waals surface area contributed by atoms with Crippen LogP contribution in [0.5, 0.6) is 0 Å². The highest BCUT2D eigenvalue weighted by Gasteiger charge is 2.46. The second-order valence-electron chi connectivity index (χ2n) is 5.22. The molecular formula is C16H20O3. The Bertz CT molecular complexity index is 452. The van der Waals surface area contributed by atoms with E-state index in [1.807, 2.05) is 30.3 Å². The molecule has 0 aliphatic heterocycles. The molecule has 0 heterocycles. The van der Waals surface area contributed by atoms with Crippen LogP contribution in [0, 0.1) is 5.41 Å². The first-order valence-corrected chi connectivity index (χ1v) is 6.85. The largest absolute Gasteiger partial charge is 0.468 e. The smallest absolute Gasteiger partial charge is 0.319 e. The second-order valence-corrected chi connectivity index (χ2v) is 5.22. The summed E-state index contributed by atoms with van der Waals surface area (Å²) in [4.78, 5) is 24.7. The number of ketones is 1. The molecule has 1 aromatic rings. The van der Waals surface area contributed by atoms with Crippen LogP contribution in [0.25, 0.3) is 0 Å². The van der Waals surface area contributed by atoms with Crippen molar-refractivity contribution in [1.82, 2.24) is 0 Å². The predicted octanol–water partition coefficient (Wildman–Crippen LogP) is 2.92. The summed E-state index contributed by atoms with van der Waals surface area (Å²) in [7, 11) is 1.37. The Kier molecular flexibility index (Phi) is 4.35. The average Bonchev–Trinajstić information content (AvgIpc) is 2.62. The van der Waals surface area contributed by atoms with E-state index in [9.17, 15) is 9.59 Å². The van der Waals surface area contributed by atoms with Crippen LogP contribution in [0.3, 0.4) is 0 Å². The van der Waals surface area contributed by atoms with E-state index in [2.05, 4.69) is 0 Å². The van der Waals surface area contributed by atoms with Crippen LogP contribution in [-0.4, -0.2) is 18.9 Å². The molecule has 1 saturated carbocycles. The van der Waals surface area contributed by atoms with Gasteiger partial charge in [0.25, 0.3) is 0 Å². The molecule has 1 fully saturated rings. The molecule has 0 amide bonds. The number of ether oxygens (including phenoxy) is 1. The topological polar surface area (TPSA) is 43.4 Å². The van der Waals surface area contributed by atoms with Gasteiger partial charge in [-0.2, -0.15) is 0 Å². The Balaban J connectivity index is 2.33. The number of hydrogen-bond acceptors (Lipinski definition) is 3. The van der Waals surface area contributed by atoms with E-state index in [4.69, 9.17) is 4.74 Å². The van der Waals surface area contributed by atoms with E-state index in [1.165, 1.54) is 7.11 Å². The normalized spacial score (nSPS) is 23.7. The van der Waals surface area contributed by atoms with E-state index in [1.54, 1.807) is 0 Å². The van der Waals surface area contributed by atoms with Crippen LogP contribution in [0.15, 0.2) is 30.3 Å². The van der Waals surface area contributed by atoms with Gasteiger partial charge in [0.15, 0.2) is 5.78 Å². The monoisotopic (exact) mass is 260 g/mol. The van der Waals surface area contributed by atoms with Gasteiger partial charge in [0.1, 0.15) is 5.41 Å². The molecule has 0 unspecified atom stereocenters. The summed E-state index contributed by atoms with van der Waals surface area (Å²) < 4.78 is 4.93. The third-order valence-corrected chi connectivity index (χ3v) is 3.97. The molecule has 102 valence electrons. The summed E-state index contributed by atoms with van der Waals surface area (Å²) >= 11 is 0. The third kappa shape index (κ3) is 2.86. The maximum atomic E-state index is 12.4. The van der Waals surface area contributed by atoms with Gasteiger partial charge in [0, 0.05) is 6.42 Å². The zero-order chi connectivity index (χ0) is 13.7. The molecule has 0 aromatic heterocycles. The van der Waals surface area contributed by atoms with E-state index in [0.29, 0.717) is 19.3 Å². The molecule has 1 atom stereocenters. The Morgan fingerprint density at radius 2 is 1.95 bits per heavy atom. The van der Waals surface area contributed by atoms with Gasteiger partial charge in [0.05, 0.1) is 7.11 Å². The fourth-order valence-electron chi connectivity index (χ4n) is 2.88. The second kappa shape index (κ2) is 6.00. The van der Waals surface area contributed by atoms with Crippen LogP contribution in [0.1, 0.15) is 37.7 Å². The van der Waals surface area contributed by atoms with Gasteiger partial charge >= 0.3 is 5.97 Å². The van der Waals surface area contributed by atoms with Crippen molar-refractivity contribution in [2.24, 2.45) is 5.41 Å². The lowest BCUT2D eigenvalue weighted by Crippen LogP contribution is -2.41. The summed E-state index contributed by atoms with van der Waals surface area (Å²) in [6.07, 6.45) is 4.36. The van der Waals surface area contributed by atoms with Crippen LogP contribution >= 0.6 is 0 Å². The minimum Gasteiger partial charge on any atom is -0.468 e. The first-order chi connectivity index (χ1) is 9.19. The van der Waals surface area contributed by atoms with Crippen LogP contribution in [-0.2, 0) is 20.7 Å². The highest BCUT2D eigenvalue weighted by molar-refractivity contribution is 6.04. The molecule has 0 N–H and O–H groups in total. The Morgan fingerprint density at radius 1 is 1.21 bits per heavy atom. The zero-order valence-corrected chi connectivity index (χ0v) is 11.4. The van der Waals surface area contributed by atoms with E-state index < -0.39 is 5.41 Å². The standard InChI is InChI=1S/C16H20O3/c1-19-15(18)16(11-7-3-6-10-14(16)17)12-13-8-4-2-5-9-13/h2,4-5,8-9H,3,6-7,10-12H2,1H3/t16-/m0/s1. The molecule has 0 bridgehead atoms. The Morgan fingerprint density at radius 3 is 2.63 bits per heavy atom. The SMILES string of the molecule is COC(=O)[C@]1(Cc2ccccc2)CCCCCC1=O. The quantitative estimate of drug-likeness (QED) is 0.477. The van der Waals surface area contributed by atoms with Gasteiger partial charge in [-0.05, 0) is 24.8 Å². The van der Waals surface area contributed by atoms with E-state index >= 15 is 0 Å². The Hall–Kier alpha value is -1.64. The number of hydrogen-bond donors (Lipinski definition) is 0. The molecule has 0 spiro atoms. The number of carbonyl (C=O) groups excluding carboxylic acids is 2. The minimum atomic E-state index is -0.966. The summed E-state index contributed by atoms with van der Waals surface area (Å²) in [5, 5.41) is 0. The molecular weight excluding hydrogens is 240 g/mol. The van der Waals surface area contributed by atoms with Crippen molar-refractivity contribution in [3.8, 4) is 0 Å². The first kappa shape index (κ1) is 13.8. The van der Waals surface area contributed by atoms with Crippen molar-refractivity contribution in [1.29, 1.82) is 0 Å². The minimum absolute atomic E-state index is 0.0423. The fraction of sp³-hybridized carbons (Fsp3) is 0.500. The van der Waals surface area contributed by atoms with Crippen LogP contribution in [0.2, 0.25) is 0 Å². The van der Waals surface area contributed by atoms with Crippen molar-refractivity contribution in [3.63, 3.8) is 0 Å². The number of methoxy groups -OCH3 is 1. The van der Waals surface area contributed by atoms with Gasteiger partial charge < -0.3 is 4.74 Å². The number of Topliss-reactive ketones (excluding diaryl/α,β-unsaturated/α-hetero) is 1. The zero-order valence-electron chi connectivity index (χ0n) is 11.4. The molecule has 2 rings (SSSR count). The van der Waals surface area contributed by atoms with Gasteiger partial charge in [-0.1, -0.05) is 43.2 Å². The van der Waals surface area contributed by atoms with Gasteiger partial charge in [-0.3, -0.25) is 9.59 Å². The Labute approximate surface area is 114 Å². The van der Waals surface area contributed by atoms with Crippen molar-refractivity contribution in [2.75, 3.05) is 7.11 Å². The lowest BCUT2D eigenvalue weighted by atomic mass is 9.74. The van der Waals surface area contributed by atoms with Crippen LogP contribution in [0.4, 0.5) is 0 Å². The molecule has 1 aromatic carbocycles. The number of carbonyl (C=O) groups is 2. The maximum Gasteiger partial charge on any atom is 0.319 e. The van der Waals surface area contributed by atoms with Crippen molar-refractivity contribution < 1.29 is 14.3 Å². The van der Waals surface area contributed by atoms with Gasteiger partial charge in [-0.15, -0.1) is 0 Å². The molecule has 1 aliphatic rings. The molecule has 0 saturated heterocycles. The lowest BCUT2D eigenvalue weighted by Gasteiger charge is -2.28. The summed E-state index contributed by atoms with van der Waals surface area (Å²) in [6.45, 7) is 0. The summed E-state index contributed by atoms with van der Waals surface area (Å²) in [5.74, 6) is -0.330. The first-order valence-electron chi connectivity index (χ1n) is 6.85. The summed E-state index contributed by atoms with van der Waals surface area (Å²) in [6, 6.07) is 9.72. The third-order valence-electron chi connectivity index (χ3n) is 3.97. The van der Waals surface area contributed by atoms with Gasteiger partial charge in [-0.25, -0.2) is 0 Å². The fourth-order valence-corrected chi connectivity index (χ4v) is 2.88. The molecule has 1 aliphatic carbocycles. The van der Waals surface area contributed by atoms with Gasteiger partial charge in [0.2, 0.25) is 0 Å². The molecule has 19 heavy (non-hydrogen) atoms. The molecule has 0 radical (unpaired) electrons. The van der Waals surface area contributed by atoms with Crippen LogP contribution < -0.4 is 0 Å². The summed E-state index contributed by atoms with van der Waals surface area (Å²) in [5.41, 5.74) is 0.0511. The van der Waals surface area contributed by atoms with Crippen molar-refractivity contribution in [2.45, 2.75) is 38.5 Å². The number of esters is 1. The molecule has 3 heteroatoms.